The summed E-state index contributed by atoms with van der Waals surface area (Å²) in [6.07, 6.45) is 2.07. The Kier molecular flexibility index (Phi) is 11.4. The van der Waals surface area contributed by atoms with E-state index in [0.717, 1.165) is 55.7 Å². The van der Waals surface area contributed by atoms with Gasteiger partial charge in [-0.05, 0) is 44.0 Å². The van der Waals surface area contributed by atoms with Crippen molar-refractivity contribution in [3.8, 4) is 17.1 Å². The maximum absolute atomic E-state index is 5.32. The van der Waals surface area contributed by atoms with Crippen LogP contribution < -0.4 is 15.4 Å². The molecule has 0 aliphatic heterocycles. The quantitative estimate of drug-likeness (QED) is 0.206. The molecule has 0 saturated carbocycles. The number of halogens is 1. The molecule has 0 spiro atoms. The molecule has 0 unspecified atom stereocenters. The molecule has 0 aliphatic rings. The second-order valence-electron chi connectivity index (χ2n) is 5.59. The molecule has 150 valence electrons. The zero-order valence-electron chi connectivity index (χ0n) is 16.1. The molecule has 8 nitrogen and oxygen atoms in total. The molecule has 3 N–H and O–H groups in total. The van der Waals surface area contributed by atoms with Crippen molar-refractivity contribution < 1.29 is 9.47 Å². The molecular formula is C18H29IN6O2. The third-order valence-corrected chi connectivity index (χ3v) is 3.74. The Balaban J connectivity index is 0.00000364. The van der Waals surface area contributed by atoms with E-state index in [1.807, 2.05) is 31.2 Å². The van der Waals surface area contributed by atoms with Gasteiger partial charge in [0.15, 0.2) is 11.8 Å². The first-order chi connectivity index (χ1) is 12.8. The number of guanidine groups is 1. The number of methoxy groups -OCH3 is 1. The molecule has 0 atom stereocenters. The Morgan fingerprint density at radius 1 is 1.19 bits per heavy atom. The summed E-state index contributed by atoms with van der Waals surface area (Å²) in [6, 6.07) is 7.64. The Labute approximate surface area is 177 Å². The molecule has 0 saturated heterocycles. The van der Waals surface area contributed by atoms with E-state index in [-0.39, 0.29) is 24.0 Å². The van der Waals surface area contributed by atoms with Gasteiger partial charge >= 0.3 is 0 Å². The number of ether oxygens (including phenoxy) is 2. The predicted molar refractivity (Wildman–Crippen MR) is 118 cm³/mol. The maximum Gasteiger partial charge on any atom is 0.191 e. The van der Waals surface area contributed by atoms with Crippen molar-refractivity contribution >= 4 is 29.9 Å². The first kappa shape index (κ1) is 23.2. The predicted octanol–water partition coefficient (Wildman–Crippen LogP) is 2.58. The lowest BCUT2D eigenvalue weighted by Crippen LogP contribution is -2.37. The van der Waals surface area contributed by atoms with Crippen molar-refractivity contribution in [2.24, 2.45) is 4.99 Å². The summed E-state index contributed by atoms with van der Waals surface area (Å²) < 4.78 is 10.5. The van der Waals surface area contributed by atoms with Crippen LogP contribution in [0.1, 0.15) is 25.6 Å². The van der Waals surface area contributed by atoms with Crippen LogP contribution in [-0.2, 0) is 11.3 Å². The lowest BCUT2D eigenvalue weighted by molar-refractivity contribution is 0.143. The van der Waals surface area contributed by atoms with E-state index in [4.69, 9.17) is 9.47 Å². The Morgan fingerprint density at radius 2 is 1.96 bits per heavy atom. The van der Waals surface area contributed by atoms with Crippen LogP contribution in [-0.4, -0.2) is 55.1 Å². The SMILES string of the molecule is CCOCCCCNC(=NC)NCc1nc(-c2ccc(OC)cc2)n[nH]1.I. The average Bonchev–Trinajstić information content (AvgIpc) is 3.16. The van der Waals surface area contributed by atoms with Gasteiger partial charge in [-0.1, -0.05) is 0 Å². The van der Waals surface area contributed by atoms with Crippen LogP contribution in [0.15, 0.2) is 29.3 Å². The third-order valence-electron chi connectivity index (χ3n) is 3.74. The van der Waals surface area contributed by atoms with Crippen molar-refractivity contribution in [3.63, 3.8) is 0 Å². The number of hydrogen-bond acceptors (Lipinski definition) is 5. The Bertz CT molecular complexity index is 675. The normalized spacial score (nSPS) is 11.0. The molecule has 0 aliphatic carbocycles. The van der Waals surface area contributed by atoms with E-state index in [2.05, 4.69) is 30.8 Å². The fourth-order valence-corrected chi connectivity index (χ4v) is 2.31. The van der Waals surface area contributed by atoms with E-state index < -0.39 is 0 Å². The van der Waals surface area contributed by atoms with Crippen LogP contribution in [0, 0.1) is 0 Å². The molecule has 0 radical (unpaired) electrons. The van der Waals surface area contributed by atoms with Gasteiger partial charge in [0.1, 0.15) is 11.6 Å². The summed E-state index contributed by atoms with van der Waals surface area (Å²) in [5.41, 5.74) is 0.935. The highest BCUT2D eigenvalue weighted by Crippen LogP contribution is 2.18. The lowest BCUT2D eigenvalue weighted by atomic mass is 10.2. The zero-order valence-corrected chi connectivity index (χ0v) is 18.4. The monoisotopic (exact) mass is 488 g/mol. The van der Waals surface area contributed by atoms with E-state index in [9.17, 15) is 0 Å². The summed E-state index contributed by atoms with van der Waals surface area (Å²) >= 11 is 0. The van der Waals surface area contributed by atoms with Crippen LogP contribution >= 0.6 is 24.0 Å². The number of nitrogens with zero attached hydrogens (tertiary/aromatic N) is 3. The van der Waals surface area contributed by atoms with Gasteiger partial charge in [0, 0.05) is 32.4 Å². The highest BCUT2D eigenvalue weighted by molar-refractivity contribution is 14.0. The summed E-state index contributed by atoms with van der Waals surface area (Å²) in [5.74, 6) is 2.95. The van der Waals surface area contributed by atoms with Crippen LogP contribution in [0.5, 0.6) is 5.75 Å². The second-order valence-corrected chi connectivity index (χ2v) is 5.59. The minimum atomic E-state index is 0. The zero-order chi connectivity index (χ0) is 18.6. The lowest BCUT2D eigenvalue weighted by Gasteiger charge is -2.10. The highest BCUT2D eigenvalue weighted by atomic mass is 127. The number of rotatable bonds is 10. The highest BCUT2D eigenvalue weighted by Gasteiger charge is 2.07. The molecule has 1 aromatic heterocycles. The van der Waals surface area contributed by atoms with Gasteiger partial charge in [-0.25, -0.2) is 4.98 Å². The standard InChI is InChI=1S/C18H28N6O2.HI/c1-4-26-12-6-5-11-20-18(19-2)21-13-16-22-17(24-23-16)14-7-9-15(25-3)10-8-14;/h7-10H,4-6,11-13H2,1-3H3,(H2,19,20,21)(H,22,23,24);1H. The smallest absolute Gasteiger partial charge is 0.191 e. The summed E-state index contributed by atoms with van der Waals surface area (Å²) in [6.45, 7) is 4.94. The first-order valence-corrected chi connectivity index (χ1v) is 8.84. The summed E-state index contributed by atoms with van der Waals surface area (Å²) in [7, 11) is 3.39. The van der Waals surface area contributed by atoms with Crippen molar-refractivity contribution in [3.05, 3.63) is 30.1 Å². The Morgan fingerprint density at radius 3 is 2.63 bits per heavy atom. The van der Waals surface area contributed by atoms with Crippen LogP contribution in [0.25, 0.3) is 11.4 Å². The van der Waals surface area contributed by atoms with E-state index >= 15 is 0 Å². The molecular weight excluding hydrogens is 459 g/mol. The Hall–Kier alpha value is -1.88. The molecule has 0 fully saturated rings. The fraction of sp³-hybridized carbons (Fsp3) is 0.500. The molecule has 9 heteroatoms. The van der Waals surface area contributed by atoms with Gasteiger partial charge in [-0.3, -0.25) is 10.1 Å². The number of hydrogen-bond donors (Lipinski definition) is 3. The average molecular weight is 488 g/mol. The number of H-pyrrole nitrogens is 1. The van der Waals surface area contributed by atoms with Gasteiger partial charge in [-0.2, -0.15) is 5.10 Å². The molecule has 1 heterocycles. The van der Waals surface area contributed by atoms with Gasteiger partial charge in [-0.15, -0.1) is 24.0 Å². The number of aromatic nitrogens is 3. The second kappa shape index (κ2) is 13.3. The van der Waals surface area contributed by atoms with Crippen molar-refractivity contribution in [1.29, 1.82) is 0 Å². The van der Waals surface area contributed by atoms with Crippen molar-refractivity contribution in [1.82, 2.24) is 25.8 Å². The van der Waals surface area contributed by atoms with Crippen LogP contribution in [0.4, 0.5) is 0 Å². The number of unbranched alkanes of at least 4 members (excludes halogenated alkanes) is 1. The number of aromatic amines is 1. The van der Waals surface area contributed by atoms with E-state index in [1.165, 1.54) is 0 Å². The van der Waals surface area contributed by atoms with Gasteiger partial charge in [0.25, 0.3) is 0 Å². The minimum absolute atomic E-state index is 0. The fourth-order valence-electron chi connectivity index (χ4n) is 2.31. The number of benzene rings is 1. The van der Waals surface area contributed by atoms with Gasteiger partial charge in [0.2, 0.25) is 0 Å². The third kappa shape index (κ3) is 8.12. The number of aliphatic imine (C=N–C) groups is 1. The molecule has 2 aromatic rings. The van der Waals surface area contributed by atoms with Crippen LogP contribution in [0.3, 0.4) is 0 Å². The van der Waals surface area contributed by atoms with Gasteiger partial charge < -0.3 is 20.1 Å². The molecule has 0 amide bonds. The molecule has 27 heavy (non-hydrogen) atoms. The molecule has 2 rings (SSSR count). The number of nitrogens with one attached hydrogen (secondary N) is 3. The van der Waals surface area contributed by atoms with Crippen molar-refractivity contribution in [2.75, 3.05) is 33.9 Å². The first-order valence-electron chi connectivity index (χ1n) is 8.84. The summed E-state index contributed by atoms with van der Waals surface area (Å²) in [4.78, 5) is 8.71. The van der Waals surface area contributed by atoms with E-state index in [0.29, 0.717) is 12.4 Å². The van der Waals surface area contributed by atoms with Crippen molar-refractivity contribution in [2.45, 2.75) is 26.3 Å². The maximum atomic E-state index is 5.32. The topological polar surface area (TPSA) is 96.4 Å². The summed E-state index contributed by atoms with van der Waals surface area (Å²) in [5, 5.41) is 13.7. The molecule has 1 aromatic carbocycles. The minimum Gasteiger partial charge on any atom is -0.497 e. The van der Waals surface area contributed by atoms with E-state index in [1.54, 1.807) is 14.2 Å². The molecule has 0 bridgehead atoms. The van der Waals surface area contributed by atoms with Gasteiger partial charge in [0.05, 0.1) is 13.7 Å². The largest absolute Gasteiger partial charge is 0.497 e. The van der Waals surface area contributed by atoms with Crippen LogP contribution in [0.2, 0.25) is 0 Å².